The number of hydrogen-bond donors (Lipinski definition) is 1. The zero-order valence-electron chi connectivity index (χ0n) is 12.0. The Balaban J connectivity index is 2.49. The Hall–Kier alpha value is -0.830. The molecule has 3 heteroatoms. The Labute approximate surface area is 106 Å². The molecule has 1 rings (SSSR count). The first-order chi connectivity index (χ1) is 7.93. The van der Waals surface area contributed by atoms with Gasteiger partial charge in [-0.15, -0.1) is 0 Å². The van der Waals surface area contributed by atoms with Gasteiger partial charge in [0.15, 0.2) is 0 Å². The van der Waals surface area contributed by atoms with Crippen molar-refractivity contribution in [3.63, 3.8) is 0 Å². The summed E-state index contributed by atoms with van der Waals surface area (Å²) in [5.74, 6) is 0. The van der Waals surface area contributed by atoms with Crippen LogP contribution in [0.4, 0.5) is 0 Å². The van der Waals surface area contributed by atoms with E-state index in [-0.39, 0.29) is 0 Å². The lowest BCUT2D eigenvalue weighted by atomic mass is 9.83. The molecular weight excluding hydrogens is 210 g/mol. The van der Waals surface area contributed by atoms with Crippen molar-refractivity contribution in [2.45, 2.75) is 53.0 Å². The Morgan fingerprint density at radius 2 is 2.12 bits per heavy atom. The molecule has 0 saturated heterocycles. The maximum atomic E-state index is 4.43. The first-order valence-corrected chi connectivity index (χ1v) is 6.65. The highest BCUT2D eigenvalue weighted by Crippen LogP contribution is 2.23. The third-order valence-electron chi connectivity index (χ3n) is 3.14. The molecule has 0 spiro atoms. The van der Waals surface area contributed by atoms with Gasteiger partial charge in [0, 0.05) is 19.3 Å². The van der Waals surface area contributed by atoms with Crippen LogP contribution in [0.15, 0.2) is 12.3 Å². The molecular formula is C14H27N3. The zero-order chi connectivity index (χ0) is 12.9. The first-order valence-electron chi connectivity index (χ1n) is 6.65. The molecule has 0 fully saturated rings. The lowest BCUT2D eigenvalue weighted by molar-refractivity contribution is 0.255. The van der Waals surface area contributed by atoms with E-state index in [4.69, 9.17) is 0 Å². The number of nitrogens with zero attached hydrogens (tertiary/aromatic N) is 2. The van der Waals surface area contributed by atoms with Crippen LogP contribution in [0.1, 0.15) is 46.2 Å². The number of hydrogen-bond acceptors (Lipinski definition) is 2. The highest BCUT2D eigenvalue weighted by atomic mass is 15.2. The van der Waals surface area contributed by atoms with Crippen LogP contribution in [0.5, 0.6) is 0 Å². The fourth-order valence-corrected chi connectivity index (χ4v) is 2.05. The van der Waals surface area contributed by atoms with Crippen LogP contribution in [0.25, 0.3) is 0 Å². The van der Waals surface area contributed by atoms with Crippen molar-refractivity contribution in [3.05, 3.63) is 18.0 Å². The Morgan fingerprint density at radius 1 is 1.41 bits per heavy atom. The summed E-state index contributed by atoms with van der Waals surface area (Å²) in [6.07, 6.45) is 5.41. The molecule has 1 heterocycles. The van der Waals surface area contributed by atoms with Crippen molar-refractivity contribution in [3.8, 4) is 0 Å². The van der Waals surface area contributed by atoms with Gasteiger partial charge in [-0.3, -0.25) is 4.68 Å². The summed E-state index contributed by atoms with van der Waals surface area (Å²) in [5, 5.41) is 8.09. The van der Waals surface area contributed by atoms with E-state index in [1.807, 2.05) is 17.9 Å². The van der Waals surface area contributed by atoms with E-state index in [9.17, 15) is 0 Å². The molecule has 1 unspecified atom stereocenters. The van der Waals surface area contributed by atoms with Gasteiger partial charge in [0.05, 0.1) is 5.69 Å². The molecule has 1 atom stereocenters. The lowest BCUT2D eigenvalue weighted by Gasteiger charge is -2.31. The van der Waals surface area contributed by atoms with Crippen LogP contribution in [-0.2, 0) is 13.5 Å². The Bertz CT molecular complexity index is 322. The summed E-state index contributed by atoms with van der Waals surface area (Å²) in [6, 6.07) is 2.67. The van der Waals surface area contributed by atoms with Crippen LogP contribution in [0, 0.1) is 5.41 Å². The minimum atomic E-state index is 0.309. The van der Waals surface area contributed by atoms with Crippen LogP contribution in [-0.4, -0.2) is 22.4 Å². The summed E-state index contributed by atoms with van der Waals surface area (Å²) < 4.78 is 1.88. The van der Waals surface area contributed by atoms with Crippen molar-refractivity contribution >= 4 is 0 Å². The number of aryl methyl sites for hydroxylation is 2. The predicted octanol–water partition coefficient (Wildman–Crippen LogP) is 2.77. The van der Waals surface area contributed by atoms with Gasteiger partial charge in [-0.2, -0.15) is 5.10 Å². The van der Waals surface area contributed by atoms with Crippen LogP contribution in [0.2, 0.25) is 0 Å². The molecule has 3 nitrogen and oxygen atoms in total. The summed E-state index contributed by atoms with van der Waals surface area (Å²) in [4.78, 5) is 0. The van der Waals surface area contributed by atoms with E-state index < -0.39 is 0 Å². The molecule has 0 aromatic carbocycles. The minimum absolute atomic E-state index is 0.309. The second-order valence-corrected chi connectivity index (χ2v) is 5.89. The molecule has 0 aliphatic heterocycles. The molecule has 1 aromatic rings. The average molecular weight is 237 g/mol. The van der Waals surface area contributed by atoms with Crippen molar-refractivity contribution in [2.75, 3.05) is 6.54 Å². The number of rotatable bonds is 6. The smallest absolute Gasteiger partial charge is 0.0625 e. The molecule has 17 heavy (non-hydrogen) atoms. The third-order valence-corrected chi connectivity index (χ3v) is 3.14. The van der Waals surface area contributed by atoms with Gasteiger partial charge in [0.2, 0.25) is 0 Å². The van der Waals surface area contributed by atoms with Crippen molar-refractivity contribution in [1.29, 1.82) is 0 Å². The fraction of sp³-hybridized carbons (Fsp3) is 0.786. The minimum Gasteiger partial charge on any atom is -0.313 e. The second-order valence-electron chi connectivity index (χ2n) is 5.89. The van der Waals surface area contributed by atoms with Crippen molar-refractivity contribution in [2.24, 2.45) is 12.5 Å². The largest absolute Gasteiger partial charge is 0.313 e. The van der Waals surface area contributed by atoms with Crippen LogP contribution in [0.3, 0.4) is 0 Å². The fourth-order valence-electron chi connectivity index (χ4n) is 2.05. The Kier molecular flexibility index (Phi) is 5.19. The second kappa shape index (κ2) is 6.20. The average Bonchev–Trinajstić information content (AvgIpc) is 2.62. The van der Waals surface area contributed by atoms with Crippen LogP contribution < -0.4 is 5.32 Å². The maximum Gasteiger partial charge on any atom is 0.0625 e. The van der Waals surface area contributed by atoms with E-state index in [2.05, 4.69) is 44.2 Å². The van der Waals surface area contributed by atoms with Gasteiger partial charge in [-0.25, -0.2) is 0 Å². The molecule has 98 valence electrons. The summed E-state index contributed by atoms with van der Waals surface area (Å²) >= 11 is 0. The van der Waals surface area contributed by atoms with Crippen molar-refractivity contribution < 1.29 is 0 Å². The summed E-state index contributed by atoms with van der Waals surface area (Å²) in [7, 11) is 1.97. The summed E-state index contributed by atoms with van der Waals surface area (Å²) in [5.41, 5.74) is 1.50. The molecule has 0 saturated carbocycles. The molecule has 0 amide bonds. The standard InChI is InChI=1S/C14H27N3/c1-6-10-15-13(14(2,3)4)8-7-12-9-11-17(5)16-12/h9,11,13,15H,6-8,10H2,1-5H3. The van der Waals surface area contributed by atoms with E-state index in [1.54, 1.807) is 0 Å². The number of nitrogens with one attached hydrogen (secondary N) is 1. The first kappa shape index (κ1) is 14.2. The van der Waals surface area contributed by atoms with Crippen LogP contribution >= 0.6 is 0 Å². The Morgan fingerprint density at radius 3 is 2.59 bits per heavy atom. The highest BCUT2D eigenvalue weighted by Gasteiger charge is 2.23. The zero-order valence-corrected chi connectivity index (χ0v) is 12.0. The number of aromatic nitrogens is 2. The van der Waals surface area contributed by atoms with Gasteiger partial charge >= 0.3 is 0 Å². The van der Waals surface area contributed by atoms with E-state index in [1.165, 1.54) is 12.1 Å². The predicted molar refractivity (Wildman–Crippen MR) is 73.1 cm³/mol. The highest BCUT2D eigenvalue weighted by molar-refractivity contribution is 5.00. The molecule has 0 aliphatic rings. The molecule has 1 N–H and O–H groups in total. The van der Waals surface area contributed by atoms with E-state index in [0.717, 1.165) is 19.4 Å². The van der Waals surface area contributed by atoms with Crippen molar-refractivity contribution in [1.82, 2.24) is 15.1 Å². The van der Waals surface area contributed by atoms with E-state index >= 15 is 0 Å². The van der Waals surface area contributed by atoms with Gasteiger partial charge in [0.25, 0.3) is 0 Å². The maximum absolute atomic E-state index is 4.43. The third kappa shape index (κ3) is 4.90. The normalized spacial score (nSPS) is 13.9. The van der Waals surface area contributed by atoms with Gasteiger partial charge in [-0.05, 0) is 37.3 Å². The summed E-state index contributed by atoms with van der Waals surface area (Å²) in [6.45, 7) is 10.2. The monoisotopic (exact) mass is 237 g/mol. The molecule has 1 aromatic heterocycles. The van der Waals surface area contributed by atoms with Gasteiger partial charge < -0.3 is 5.32 Å². The van der Waals surface area contributed by atoms with Gasteiger partial charge in [0.1, 0.15) is 0 Å². The molecule has 0 aliphatic carbocycles. The molecule has 0 radical (unpaired) electrons. The lowest BCUT2D eigenvalue weighted by Crippen LogP contribution is -2.41. The van der Waals surface area contributed by atoms with Gasteiger partial charge in [-0.1, -0.05) is 27.7 Å². The molecule has 0 bridgehead atoms. The quantitative estimate of drug-likeness (QED) is 0.824. The SMILES string of the molecule is CCCNC(CCc1ccn(C)n1)C(C)(C)C. The van der Waals surface area contributed by atoms with E-state index in [0.29, 0.717) is 11.5 Å². The topological polar surface area (TPSA) is 29.9 Å².